The molecule has 1 N–H and O–H groups in total. The summed E-state index contributed by atoms with van der Waals surface area (Å²) in [6.07, 6.45) is 7.25. The number of aryl methyl sites for hydroxylation is 2. The summed E-state index contributed by atoms with van der Waals surface area (Å²) in [4.78, 5) is 8.74. The topological polar surface area (TPSA) is 81.4 Å². The van der Waals surface area contributed by atoms with E-state index in [0.29, 0.717) is 12.5 Å². The van der Waals surface area contributed by atoms with E-state index in [0.717, 1.165) is 46.7 Å². The van der Waals surface area contributed by atoms with Gasteiger partial charge in [-0.15, -0.1) is 5.10 Å². The number of nitrogens with zero attached hydrogens (tertiary/aromatic N) is 6. The van der Waals surface area contributed by atoms with Gasteiger partial charge in [0.15, 0.2) is 0 Å². The van der Waals surface area contributed by atoms with Crippen molar-refractivity contribution in [2.75, 3.05) is 5.32 Å². The lowest BCUT2D eigenvalue weighted by Crippen LogP contribution is -2.09. The summed E-state index contributed by atoms with van der Waals surface area (Å²) in [5.74, 6) is 0.534. The van der Waals surface area contributed by atoms with Crippen molar-refractivity contribution >= 4 is 5.95 Å². The van der Waals surface area contributed by atoms with Gasteiger partial charge in [0.25, 0.3) is 0 Å². The molecule has 7 heteroatoms. The van der Waals surface area contributed by atoms with Crippen LogP contribution in [0.15, 0.2) is 61.1 Å². The summed E-state index contributed by atoms with van der Waals surface area (Å²) in [7, 11) is 0. The molecule has 0 saturated carbocycles. The van der Waals surface area contributed by atoms with E-state index in [2.05, 4.69) is 39.3 Å². The van der Waals surface area contributed by atoms with Gasteiger partial charge in [0.2, 0.25) is 5.95 Å². The average molecular weight is 385 g/mol. The molecule has 4 rings (SSSR count). The van der Waals surface area contributed by atoms with Gasteiger partial charge in [-0.25, -0.2) is 9.67 Å². The maximum atomic E-state index is 4.82. The van der Waals surface area contributed by atoms with Crippen molar-refractivity contribution in [2.45, 2.75) is 33.2 Å². The molecule has 0 bridgehead atoms. The monoisotopic (exact) mass is 385 g/mol. The number of pyridine rings is 1. The summed E-state index contributed by atoms with van der Waals surface area (Å²) in [5.41, 5.74) is 5.90. The highest BCUT2D eigenvalue weighted by molar-refractivity contribution is 5.63. The van der Waals surface area contributed by atoms with Gasteiger partial charge < -0.3 is 5.32 Å². The molecule has 0 amide bonds. The molecule has 29 heavy (non-hydrogen) atoms. The molecule has 0 aliphatic rings. The Morgan fingerprint density at radius 1 is 0.897 bits per heavy atom. The Morgan fingerprint density at radius 2 is 1.66 bits per heavy atom. The molecular formula is C22H23N7. The standard InChI is InChI=1S/C22H23N7/c1-3-19-20(4-2)26-27-22(25-19)24-14-17-15-29(18-8-6-5-7-9-18)28-21(17)16-10-12-23-13-11-16/h5-13,15H,3-4,14H2,1-2H3,(H,24,25,27). The van der Waals surface area contributed by atoms with E-state index < -0.39 is 0 Å². The smallest absolute Gasteiger partial charge is 0.243 e. The molecule has 0 aliphatic carbocycles. The van der Waals surface area contributed by atoms with Crippen molar-refractivity contribution in [3.63, 3.8) is 0 Å². The van der Waals surface area contributed by atoms with Crippen molar-refractivity contribution in [1.82, 2.24) is 29.9 Å². The number of hydrogen-bond donors (Lipinski definition) is 1. The first-order valence-electron chi connectivity index (χ1n) is 9.79. The zero-order chi connectivity index (χ0) is 20.1. The molecule has 3 heterocycles. The minimum Gasteiger partial charge on any atom is -0.349 e. The lowest BCUT2D eigenvalue weighted by molar-refractivity contribution is 0.819. The summed E-state index contributed by atoms with van der Waals surface area (Å²) < 4.78 is 1.89. The van der Waals surface area contributed by atoms with Crippen LogP contribution in [-0.2, 0) is 19.4 Å². The summed E-state index contributed by atoms with van der Waals surface area (Å²) in [5, 5.41) is 16.7. The molecule has 146 valence electrons. The molecule has 4 aromatic rings. The SMILES string of the molecule is CCc1nnc(NCc2cn(-c3ccccc3)nc2-c2ccncc2)nc1CC. The van der Waals surface area contributed by atoms with Gasteiger partial charge in [-0.1, -0.05) is 32.0 Å². The highest BCUT2D eigenvalue weighted by Gasteiger charge is 2.13. The van der Waals surface area contributed by atoms with E-state index in [-0.39, 0.29) is 0 Å². The van der Waals surface area contributed by atoms with E-state index >= 15 is 0 Å². The van der Waals surface area contributed by atoms with E-state index in [4.69, 9.17) is 5.10 Å². The Kier molecular flexibility index (Phi) is 5.56. The number of rotatable bonds is 7. The number of aromatic nitrogens is 6. The largest absolute Gasteiger partial charge is 0.349 e. The van der Waals surface area contributed by atoms with Gasteiger partial charge in [0.1, 0.15) is 0 Å². The van der Waals surface area contributed by atoms with Crippen LogP contribution in [0.2, 0.25) is 0 Å². The quantitative estimate of drug-likeness (QED) is 0.520. The third kappa shape index (κ3) is 4.13. The zero-order valence-corrected chi connectivity index (χ0v) is 16.6. The Morgan fingerprint density at radius 3 is 2.38 bits per heavy atom. The first kappa shape index (κ1) is 18.7. The van der Waals surface area contributed by atoms with Crippen molar-refractivity contribution in [3.05, 3.63) is 78.0 Å². The van der Waals surface area contributed by atoms with Crippen molar-refractivity contribution in [1.29, 1.82) is 0 Å². The second kappa shape index (κ2) is 8.60. The van der Waals surface area contributed by atoms with E-state index in [1.165, 1.54) is 0 Å². The average Bonchev–Trinajstić information content (AvgIpc) is 3.23. The van der Waals surface area contributed by atoms with Gasteiger partial charge in [0.05, 0.1) is 22.8 Å². The van der Waals surface area contributed by atoms with Crippen LogP contribution in [0, 0.1) is 0 Å². The third-order valence-corrected chi connectivity index (χ3v) is 4.71. The highest BCUT2D eigenvalue weighted by atomic mass is 15.3. The number of hydrogen-bond acceptors (Lipinski definition) is 6. The molecule has 7 nitrogen and oxygen atoms in total. The molecule has 0 saturated heterocycles. The summed E-state index contributed by atoms with van der Waals surface area (Å²) in [6.45, 7) is 4.69. The molecule has 0 spiro atoms. The minimum absolute atomic E-state index is 0.534. The molecule has 0 unspecified atom stereocenters. The highest BCUT2D eigenvalue weighted by Crippen LogP contribution is 2.24. The van der Waals surface area contributed by atoms with E-state index in [1.54, 1.807) is 12.4 Å². The van der Waals surface area contributed by atoms with Crippen LogP contribution in [-0.4, -0.2) is 29.9 Å². The van der Waals surface area contributed by atoms with Crippen molar-refractivity contribution in [3.8, 4) is 16.9 Å². The van der Waals surface area contributed by atoms with E-state index in [1.807, 2.05) is 53.3 Å². The number of benzene rings is 1. The van der Waals surface area contributed by atoms with Gasteiger partial charge in [0, 0.05) is 36.3 Å². The lowest BCUT2D eigenvalue weighted by atomic mass is 10.1. The predicted octanol–water partition coefficient (Wildman–Crippen LogP) is 3.86. The summed E-state index contributed by atoms with van der Waals surface area (Å²) in [6, 6.07) is 14.0. The molecule has 1 aromatic carbocycles. The van der Waals surface area contributed by atoms with Crippen LogP contribution in [0.25, 0.3) is 16.9 Å². The molecule has 0 radical (unpaired) electrons. The second-order valence-electron chi connectivity index (χ2n) is 6.61. The summed E-state index contributed by atoms with van der Waals surface area (Å²) >= 11 is 0. The van der Waals surface area contributed by atoms with Gasteiger partial charge >= 0.3 is 0 Å². The predicted molar refractivity (Wildman–Crippen MR) is 113 cm³/mol. The Bertz CT molecular complexity index is 1080. The number of para-hydroxylation sites is 1. The molecule has 3 aromatic heterocycles. The molecule has 0 fully saturated rings. The third-order valence-electron chi connectivity index (χ3n) is 4.71. The van der Waals surface area contributed by atoms with Gasteiger partial charge in [-0.05, 0) is 37.1 Å². The fourth-order valence-electron chi connectivity index (χ4n) is 3.19. The van der Waals surface area contributed by atoms with Crippen molar-refractivity contribution in [2.24, 2.45) is 0 Å². The Hall–Kier alpha value is -3.61. The van der Waals surface area contributed by atoms with Gasteiger partial charge in [-0.3, -0.25) is 4.98 Å². The fourth-order valence-corrected chi connectivity index (χ4v) is 3.19. The van der Waals surface area contributed by atoms with E-state index in [9.17, 15) is 0 Å². The van der Waals surface area contributed by atoms with Crippen molar-refractivity contribution < 1.29 is 0 Å². The first-order chi connectivity index (χ1) is 14.3. The molecule has 0 aliphatic heterocycles. The number of anilines is 1. The fraction of sp³-hybridized carbons (Fsp3) is 0.227. The van der Waals surface area contributed by atoms with Gasteiger partial charge in [-0.2, -0.15) is 10.2 Å². The van der Waals surface area contributed by atoms with Crippen LogP contribution < -0.4 is 5.32 Å². The lowest BCUT2D eigenvalue weighted by Gasteiger charge is -2.08. The van der Waals surface area contributed by atoms with Crippen LogP contribution in [0.5, 0.6) is 0 Å². The first-order valence-corrected chi connectivity index (χ1v) is 9.79. The maximum Gasteiger partial charge on any atom is 0.243 e. The molecule has 0 atom stereocenters. The normalized spacial score (nSPS) is 10.8. The molecular weight excluding hydrogens is 362 g/mol. The van der Waals surface area contributed by atoms with Crippen LogP contribution >= 0.6 is 0 Å². The maximum absolute atomic E-state index is 4.82. The Balaban J connectivity index is 1.65. The number of nitrogens with one attached hydrogen (secondary N) is 1. The van der Waals surface area contributed by atoms with Crippen LogP contribution in [0.4, 0.5) is 5.95 Å². The second-order valence-corrected chi connectivity index (χ2v) is 6.61. The van der Waals surface area contributed by atoms with Crippen LogP contribution in [0.3, 0.4) is 0 Å². The zero-order valence-electron chi connectivity index (χ0n) is 16.6. The minimum atomic E-state index is 0.534. The van der Waals surface area contributed by atoms with Crippen LogP contribution in [0.1, 0.15) is 30.8 Å². The Labute approximate surface area is 169 Å².